The maximum Gasteiger partial charge on any atom is 0.416 e. The molecule has 0 saturated heterocycles. The number of halogens is 3. The Labute approximate surface area is 162 Å². The Bertz CT molecular complexity index is 825. The number of alkyl halides is 3. The van der Waals surface area contributed by atoms with E-state index in [1.807, 2.05) is 0 Å². The molecule has 0 saturated carbocycles. The van der Waals surface area contributed by atoms with Gasteiger partial charge in [0.2, 0.25) is 5.91 Å². The van der Waals surface area contributed by atoms with E-state index in [1.165, 1.54) is 26.4 Å². The van der Waals surface area contributed by atoms with Gasteiger partial charge in [0.05, 0.1) is 25.8 Å². The summed E-state index contributed by atoms with van der Waals surface area (Å²) < 4.78 is 49.8. The van der Waals surface area contributed by atoms with E-state index in [2.05, 4.69) is 5.32 Å². The van der Waals surface area contributed by atoms with E-state index < -0.39 is 17.8 Å². The molecule has 2 aromatic rings. The topological polar surface area (TPSA) is 50.8 Å². The third kappa shape index (κ3) is 5.16. The lowest BCUT2D eigenvalue weighted by Gasteiger charge is -2.25. The van der Waals surface area contributed by atoms with Crippen molar-refractivity contribution < 1.29 is 27.4 Å². The Morgan fingerprint density at radius 1 is 1.11 bits per heavy atom. The van der Waals surface area contributed by atoms with E-state index in [-0.39, 0.29) is 18.0 Å². The van der Waals surface area contributed by atoms with Crippen molar-refractivity contribution in [1.29, 1.82) is 0 Å². The van der Waals surface area contributed by atoms with Gasteiger partial charge in [-0.25, -0.2) is 0 Å². The van der Waals surface area contributed by atoms with E-state index in [4.69, 9.17) is 9.47 Å². The van der Waals surface area contributed by atoms with Crippen LogP contribution < -0.4 is 14.8 Å². The van der Waals surface area contributed by atoms with Crippen LogP contribution in [0.5, 0.6) is 11.5 Å². The average molecular weight is 396 g/mol. The molecule has 152 valence electrons. The van der Waals surface area contributed by atoms with E-state index in [9.17, 15) is 18.0 Å². The standard InChI is InChI=1S/C20H23F3N2O3/c1-13(19(26)24-15-9-10-17(27-3)18(11-15)28-4)25(2)12-14-7-5-6-8-16(14)20(21,22)23/h5-11,13H,12H2,1-4H3,(H,24,26). The molecule has 0 aromatic heterocycles. The minimum Gasteiger partial charge on any atom is -0.493 e. The average Bonchev–Trinajstić information content (AvgIpc) is 2.66. The summed E-state index contributed by atoms with van der Waals surface area (Å²) in [6, 6.07) is 9.62. The van der Waals surface area contributed by atoms with Gasteiger partial charge in [0, 0.05) is 18.3 Å². The number of hydrogen-bond donors (Lipinski definition) is 1. The lowest BCUT2D eigenvalue weighted by atomic mass is 10.1. The third-order valence-electron chi connectivity index (χ3n) is 4.43. The van der Waals surface area contributed by atoms with E-state index >= 15 is 0 Å². The van der Waals surface area contributed by atoms with Crippen molar-refractivity contribution in [2.24, 2.45) is 0 Å². The van der Waals surface area contributed by atoms with Gasteiger partial charge in [0.25, 0.3) is 0 Å². The van der Waals surface area contributed by atoms with Crippen LogP contribution in [0.15, 0.2) is 42.5 Å². The van der Waals surface area contributed by atoms with Gasteiger partial charge in [-0.3, -0.25) is 9.69 Å². The second-order valence-corrected chi connectivity index (χ2v) is 6.31. The molecule has 0 spiro atoms. The number of amides is 1. The fourth-order valence-electron chi connectivity index (χ4n) is 2.70. The first kappa shape index (κ1) is 21.6. The van der Waals surface area contributed by atoms with Crippen LogP contribution in [0.25, 0.3) is 0 Å². The SMILES string of the molecule is COc1ccc(NC(=O)C(C)N(C)Cc2ccccc2C(F)(F)F)cc1OC. The van der Waals surface area contributed by atoms with Gasteiger partial charge in [-0.05, 0) is 37.7 Å². The molecule has 5 nitrogen and oxygen atoms in total. The van der Waals surface area contributed by atoms with Crippen molar-refractivity contribution in [3.05, 3.63) is 53.6 Å². The zero-order chi connectivity index (χ0) is 20.9. The maximum atomic E-state index is 13.2. The predicted octanol–water partition coefficient (Wildman–Crippen LogP) is 4.18. The zero-order valence-electron chi connectivity index (χ0n) is 16.1. The minimum absolute atomic E-state index is 0.0177. The molecule has 1 N–H and O–H groups in total. The van der Waals surface area contributed by atoms with Gasteiger partial charge < -0.3 is 14.8 Å². The number of likely N-dealkylation sites (N-methyl/N-ethyl adjacent to an activating group) is 1. The number of ether oxygens (including phenoxy) is 2. The lowest BCUT2D eigenvalue weighted by molar-refractivity contribution is -0.138. The third-order valence-corrected chi connectivity index (χ3v) is 4.43. The number of methoxy groups -OCH3 is 2. The summed E-state index contributed by atoms with van der Waals surface area (Å²) in [6.45, 7) is 1.61. The second kappa shape index (κ2) is 8.97. The molecule has 1 unspecified atom stereocenters. The first-order valence-electron chi connectivity index (χ1n) is 8.55. The molecule has 0 aliphatic heterocycles. The molecule has 0 radical (unpaired) electrons. The quantitative estimate of drug-likeness (QED) is 0.763. The molecule has 8 heteroatoms. The van der Waals surface area contributed by atoms with E-state index in [0.29, 0.717) is 17.2 Å². The lowest BCUT2D eigenvalue weighted by Crippen LogP contribution is -2.39. The Morgan fingerprint density at radius 2 is 1.75 bits per heavy atom. The molecule has 0 fully saturated rings. The highest BCUT2D eigenvalue weighted by Crippen LogP contribution is 2.33. The van der Waals surface area contributed by atoms with E-state index in [0.717, 1.165) is 6.07 Å². The molecule has 1 amide bonds. The summed E-state index contributed by atoms with van der Waals surface area (Å²) in [5.41, 5.74) is -0.0868. The summed E-state index contributed by atoms with van der Waals surface area (Å²) >= 11 is 0. The Morgan fingerprint density at radius 3 is 2.36 bits per heavy atom. The number of benzene rings is 2. The summed E-state index contributed by atoms with van der Waals surface area (Å²) in [5.74, 6) is 0.633. The van der Waals surface area contributed by atoms with Crippen LogP contribution in [0.3, 0.4) is 0 Å². The molecule has 2 rings (SSSR count). The van der Waals surface area contributed by atoms with Crippen LogP contribution in [0, 0.1) is 0 Å². The molecule has 1 atom stereocenters. The minimum atomic E-state index is -4.44. The van der Waals surface area contributed by atoms with Crippen LogP contribution >= 0.6 is 0 Å². The first-order valence-corrected chi connectivity index (χ1v) is 8.55. The van der Waals surface area contributed by atoms with Gasteiger partial charge in [0.15, 0.2) is 11.5 Å². The number of nitrogens with one attached hydrogen (secondary N) is 1. The smallest absolute Gasteiger partial charge is 0.416 e. The van der Waals surface area contributed by atoms with Crippen molar-refractivity contribution in [2.75, 3.05) is 26.6 Å². The predicted molar refractivity (Wildman–Crippen MR) is 101 cm³/mol. The van der Waals surface area contributed by atoms with Gasteiger partial charge >= 0.3 is 6.18 Å². The molecule has 28 heavy (non-hydrogen) atoms. The largest absolute Gasteiger partial charge is 0.493 e. The van der Waals surface area contributed by atoms with Crippen molar-refractivity contribution in [3.8, 4) is 11.5 Å². The van der Waals surface area contributed by atoms with Gasteiger partial charge in [-0.1, -0.05) is 18.2 Å². The summed E-state index contributed by atoms with van der Waals surface area (Å²) in [6.07, 6.45) is -4.44. The van der Waals surface area contributed by atoms with Crippen molar-refractivity contribution in [3.63, 3.8) is 0 Å². The molecule has 0 aliphatic carbocycles. The van der Waals surface area contributed by atoms with Crippen molar-refractivity contribution in [2.45, 2.75) is 25.7 Å². The fraction of sp³-hybridized carbons (Fsp3) is 0.350. The molecule has 0 aliphatic rings. The number of carbonyl (C=O) groups is 1. The van der Waals surface area contributed by atoms with Crippen molar-refractivity contribution in [1.82, 2.24) is 4.90 Å². The van der Waals surface area contributed by atoms with E-state index in [1.54, 1.807) is 43.1 Å². The maximum absolute atomic E-state index is 13.2. The second-order valence-electron chi connectivity index (χ2n) is 6.31. The Balaban J connectivity index is 2.10. The number of rotatable bonds is 7. The molecule has 0 heterocycles. The summed E-state index contributed by atoms with van der Waals surface area (Å²) in [7, 11) is 4.59. The van der Waals surface area contributed by atoms with Gasteiger partial charge in [0.1, 0.15) is 0 Å². The van der Waals surface area contributed by atoms with Crippen LogP contribution in [0.4, 0.5) is 18.9 Å². The van der Waals surface area contributed by atoms with Gasteiger partial charge in [-0.15, -0.1) is 0 Å². The Kier molecular flexibility index (Phi) is 6.90. The highest BCUT2D eigenvalue weighted by Gasteiger charge is 2.33. The first-order chi connectivity index (χ1) is 13.2. The fourth-order valence-corrected chi connectivity index (χ4v) is 2.70. The van der Waals surface area contributed by atoms with Crippen LogP contribution in [0.1, 0.15) is 18.1 Å². The Hall–Kier alpha value is -2.74. The molecular weight excluding hydrogens is 373 g/mol. The molecule has 0 bridgehead atoms. The normalized spacial score (nSPS) is 12.6. The van der Waals surface area contributed by atoms with Gasteiger partial charge in [-0.2, -0.15) is 13.2 Å². The summed E-state index contributed by atoms with van der Waals surface area (Å²) in [5, 5.41) is 2.74. The van der Waals surface area contributed by atoms with Crippen LogP contribution in [0.2, 0.25) is 0 Å². The van der Waals surface area contributed by atoms with Crippen LogP contribution in [-0.2, 0) is 17.5 Å². The number of anilines is 1. The number of nitrogens with zero attached hydrogens (tertiary/aromatic N) is 1. The van der Waals surface area contributed by atoms with Crippen LogP contribution in [-0.4, -0.2) is 38.1 Å². The highest BCUT2D eigenvalue weighted by atomic mass is 19.4. The monoisotopic (exact) mass is 396 g/mol. The zero-order valence-corrected chi connectivity index (χ0v) is 16.1. The highest BCUT2D eigenvalue weighted by molar-refractivity contribution is 5.94. The van der Waals surface area contributed by atoms with Crippen molar-refractivity contribution >= 4 is 11.6 Å². The number of carbonyl (C=O) groups excluding carboxylic acids is 1. The molecular formula is C20H23F3N2O3. The number of hydrogen-bond acceptors (Lipinski definition) is 4. The molecule has 2 aromatic carbocycles. The summed E-state index contributed by atoms with van der Waals surface area (Å²) in [4.78, 5) is 14.1.